The second-order valence-corrected chi connectivity index (χ2v) is 19.3. The van der Waals surface area contributed by atoms with Crippen molar-refractivity contribution in [3.05, 3.63) is 127 Å². The summed E-state index contributed by atoms with van der Waals surface area (Å²) in [6.07, 6.45) is -1.64. The molecule has 12 rings (SSSR count). The smallest absolute Gasteiger partial charge is 0.441 e. The molecule has 3 atom stereocenters. The minimum Gasteiger partial charge on any atom is -0.441 e. The maximum atomic E-state index is 15.6. The summed E-state index contributed by atoms with van der Waals surface area (Å²) in [7, 11) is -4.78. The number of amides is 3. The van der Waals surface area contributed by atoms with Gasteiger partial charge >= 0.3 is 26.1 Å². The van der Waals surface area contributed by atoms with Crippen LogP contribution in [0.3, 0.4) is 0 Å². The molecule has 3 N–H and O–H groups in total. The average molecular weight is 1110 g/mol. The van der Waals surface area contributed by atoms with E-state index in [-0.39, 0.29) is 70.9 Å². The standard InChI is InChI=1S/C48H36F3N18O10P/c49-37-13-28(4-7-34(37)25-1-10-40(52-16-25)43-55-61-62-56-43)67-19-31(77-46(67)70)22-74-80(73,75-23-32-20-68(47(71)78-32)29-5-8-35(38(50)14-29)26-2-11-41(53-17-26)44-57-63-64-58-44)76-24-33-21-69(48(72)79-33)30-6-9-36(39(51)15-30)27-3-12-42(54-18-27)45-59-65-66-60-45/h1-18,31-33H,19-24H2,(H,55,56,61,62)(H,57,58,63,64)(H,59,60,65,66)/t31-,32-,33-/m1/s1. The van der Waals surface area contributed by atoms with Crippen LogP contribution in [0.2, 0.25) is 0 Å². The zero-order valence-electron chi connectivity index (χ0n) is 40.7. The van der Waals surface area contributed by atoms with Crippen molar-refractivity contribution in [3.63, 3.8) is 0 Å². The minimum atomic E-state index is -4.78. The Labute approximate surface area is 446 Å². The highest BCUT2D eigenvalue weighted by Crippen LogP contribution is 2.51. The quantitative estimate of drug-likeness (QED) is 0.0621. The molecule has 3 aromatic carbocycles. The van der Waals surface area contributed by atoms with Gasteiger partial charge in [0.15, 0.2) is 0 Å². The molecular weight excluding hydrogens is 1080 g/mol. The van der Waals surface area contributed by atoms with Crippen LogP contribution >= 0.6 is 7.82 Å². The highest BCUT2D eigenvalue weighted by Gasteiger charge is 2.41. The van der Waals surface area contributed by atoms with Gasteiger partial charge in [-0.25, -0.2) is 32.1 Å². The Morgan fingerprint density at radius 2 is 0.787 bits per heavy atom. The fraction of sp³-hybridized carbons (Fsp3) is 0.188. The number of hydrogen-bond donors (Lipinski definition) is 3. The molecule has 0 bridgehead atoms. The topological polar surface area (TPSA) is 335 Å². The molecule has 404 valence electrons. The predicted molar refractivity (Wildman–Crippen MR) is 267 cm³/mol. The van der Waals surface area contributed by atoms with Crippen LogP contribution in [0.25, 0.3) is 67.9 Å². The van der Waals surface area contributed by atoms with Crippen LogP contribution in [-0.4, -0.2) is 153 Å². The van der Waals surface area contributed by atoms with Gasteiger partial charge in [-0.15, -0.1) is 30.6 Å². The van der Waals surface area contributed by atoms with Gasteiger partial charge in [-0.05, 0) is 88.4 Å². The molecule has 32 heteroatoms. The number of benzene rings is 3. The Bertz CT molecular complexity index is 3390. The molecule has 3 aliphatic heterocycles. The first-order valence-electron chi connectivity index (χ1n) is 23.9. The average Bonchev–Trinajstić information content (AvgIpc) is 4.36. The lowest BCUT2D eigenvalue weighted by Crippen LogP contribution is -2.28. The van der Waals surface area contributed by atoms with Gasteiger partial charge in [-0.3, -0.25) is 43.2 Å². The third-order valence-electron chi connectivity index (χ3n) is 12.6. The zero-order valence-corrected chi connectivity index (χ0v) is 41.6. The summed E-state index contributed by atoms with van der Waals surface area (Å²) in [6.45, 7) is -2.36. The van der Waals surface area contributed by atoms with Crippen LogP contribution in [-0.2, 0) is 32.3 Å². The predicted octanol–water partition coefficient (Wildman–Crippen LogP) is 6.36. The fourth-order valence-corrected chi connectivity index (χ4v) is 9.95. The summed E-state index contributed by atoms with van der Waals surface area (Å²) < 4.78 is 95.3. The van der Waals surface area contributed by atoms with Gasteiger partial charge in [-0.1, -0.05) is 18.2 Å². The van der Waals surface area contributed by atoms with E-state index in [0.717, 1.165) is 32.9 Å². The highest BCUT2D eigenvalue weighted by molar-refractivity contribution is 7.48. The number of ether oxygens (including phenoxy) is 3. The molecule has 80 heavy (non-hydrogen) atoms. The monoisotopic (exact) mass is 1110 g/mol. The molecule has 3 saturated heterocycles. The summed E-state index contributed by atoms with van der Waals surface area (Å²) >= 11 is 0. The number of halogens is 3. The Morgan fingerprint density at radius 1 is 0.475 bits per heavy atom. The van der Waals surface area contributed by atoms with Gasteiger partial charge < -0.3 is 14.2 Å². The van der Waals surface area contributed by atoms with Crippen molar-refractivity contribution in [2.45, 2.75) is 18.3 Å². The van der Waals surface area contributed by atoms with Crippen molar-refractivity contribution < 1.29 is 59.9 Å². The van der Waals surface area contributed by atoms with E-state index in [1.807, 2.05) is 0 Å². The van der Waals surface area contributed by atoms with Gasteiger partial charge in [0.05, 0.1) is 56.5 Å². The van der Waals surface area contributed by atoms with Crippen LogP contribution in [0.1, 0.15) is 0 Å². The normalized spacial score (nSPS) is 17.3. The number of tetrazole rings is 3. The Kier molecular flexibility index (Phi) is 13.6. The maximum Gasteiger partial charge on any atom is 0.475 e. The Morgan fingerprint density at radius 3 is 1.04 bits per heavy atom. The third-order valence-corrected chi connectivity index (χ3v) is 14.0. The molecule has 0 radical (unpaired) electrons. The number of nitrogens with zero attached hydrogens (tertiary/aromatic N) is 15. The van der Waals surface area contributed by atoms with E-state index >= 15 is 13.2 Å². The van der Waals surface area contributed by atoms with Crippen molar-refractivity contribution in [2.24, 2.45) is 0 Å². The second kappa shape index (κ2) is 21.5. The summed E-state index contributed by atoms with van der Waals surface area (Å²) in [5.74, 6) is -1.28. The van der Waals surface area contributed by atoms with Crippen molar-refractivity contribution in [1.29, 1.82) is 0 Å². The van der Waals surface area contributed by atoms with Crippen LogP contribution in [0.4, 0.5) is 44.6 Å². The highest BCUT2D eigenvalue weighted by atomic mass is 31.2. The molecule has 3 fully saturated rings. The molecule has 0 aliphatic carbocycles. The van der Waals surface area contributed by atoms with Crippen LogP contribution in [0.5, 0.6) is 0 Å². The first-order chi connectivity index (χ1) is 38.9. The number of rotatable bonds is 18. The number of phosphoric acid groups is 1. The molecule has 0 unspecified atom stereocenters. The zero-order chi connectivity index (χ0) is 54.9. The number of H-pyrrole nitrogens is 3. The van der Waals surface area contributed by atoms with E-state index in [4.69, 9.17) is 27.8 Å². The van der Waals surface area contributed by atoms with E-state index in [0.29, 0.717) is 33.8 Å². The number of phosphoric ester groups is 1. The van der Waals surface area contributed by atoms with Crippen molar-refractivity contribution in [3.8, 4) is 67.9 Å². The number of cyclic esters (lactones) is 3. The minimum absolute atomic E-state index is 0.134. The van der Waals surface area contributed by atoms with Crippen LogP contribution in [0.15, 0.2) is 110 Å². The number of pyridine rings is 3. The number of nitrogens with one attached hydrogen (secondary N) is 3. The SMILES string of the molecule is O=C1O[C@@H](COP(=O)(OC[C@H]2CN(c3ccc(-c4ccc(-c5nn[nH]n5)nc4)c(F)c3)C(=O)O2)OC[C@H]2CN(c3ccc(-c4ccc(-c5nn[nH]n5)nc4)c(F)c3)C(=O)O2)CN1c1ccc(-c2ccc(-c3nn[nH]n3)nc2)c(F)c1. The number of carbonyl (C=O) groups is 3. The van der Waals surface area contributed by atoms with Crippen molar-refractivity contribution in [1.82, 2.24) is 76.8 Å². The van der Waals surface area contributed by atoms with Gasteiger partial charge in [0.25, 0.3) is 0 Å². The van der Waals surface area contributed by atoms with Crippen molar-refractivity contribution >= 4 is 43.2 Å². The number of carbonyl (C=O) groups excluding carboxylic acids is 3. The lowest BCUT2D eigenvalue weighted by molar-refractivity contribution is 0.0304. The molecule has 6 aromatic heterocycles. The maximum absolute atomic E-state index is 15.6. The molecule has 0 spiro atoms. The first-order valence-corrected chi connectivity index (χ1v) is 25.3. The van der Waals surface area contributed by atoms with Gasteiger partial charge in [0.1, 0.15) is 52.8 Å². The summed E-state index contributed by atoms with van der Waals surface area (Å²) in [4.78, 5) is 55.9. The fourth-order valence-electron chi connectivity index (χ4n) is 8.68. The third kappa shape index (κ3) is 10.6. The number of hydrogen-bond acceptors (Lipinski definition) is 22. The van der Waals surface area contributed by atoms with Gasteiger partial charge in [0.2, 0.25) is 17.5 Å². The molecule has 0 saturated carbocycles. The first kappa shape index (κ1) is 50.8. The number of aromatic nitrogens is 15. The largest absolute Gasteiger partial charge is 0.475 e. The number of anilines is 3. The second-order valence-electron chi connectivity index (χ2n) is 17.7. The van der Waals surface area contributed by atoms with Crippen molar-refractivity contribution in [2.75, 3.05) is 54.2 Å². The van der Waals surface area contributed by atoms with E-state index in [2.05, 4.69) is 76.8 Å². The Hall–Kier alpha value is -9.97. The molecule has 3 aliphatic rings. The summed E-state index contributed by atoms with van der Waals surface area (Å²) in [6, 6.07) is 22.0. The Balaban J connectivity index is 0.712. The van der Waals surface area contributed by atoms with Gasteiger partial charge in [0, 0.05) is 52.0 Å². The van der Waals surface area contributed by atoms with E-state index in [1.165, 1.54) is 55.0 Å². The summed E-state index contributed by atoms with van der Waals surface area (Å²) in [5, 5.41) is 40.8. The lowest BCUT2D eigenvalue weighted by Gasteiger charge is -2.21. The van der Waals surface area contributed by atoms with E-state index in [1.54, 1.807) is 36.4 Å². The van der Waals surface area contributed by atoms with Gasteiger partial charge in [-0.2, -0.15) is 15.6 Å². The number of aromatic amines is 3. The molecule has 9 heterocycles. The molecule has 3 amide bonds. The van der Waals surface area contributed by atoms with Crippen LogP contribution in [0, 0.1) is 17.5 Å². The molecular formula is C48H36F3N18O10P. The van der Waals surface area contributed by atoms with Crippen LogP contribution < -0.4 is 14.7 Å². The summed E-state index contributed by atoms with van der Waals surface area (Å²) in [5.41, 5.74) is 3.46. The molecule has 9 aromatic rings. The molecule has 28 nitrogen and oxygen atoms in total. The van der Waals surface area contributed by atoms with E-state index in [9.17, 15) is 18.9 Å². The lowest BCUT2D eigenvalue weighted by atomic mass is 10.1. The van der Waals surface area contributed by atoms with E-state index < -0.39 is 81.7 Å².